The second kappa shape index (κ2) is 10.4. The predicted molar refractivity (Wildman–Crippen MR) is 146 cm³/mol. The first-order valence-electron chi connectivity index (χ1n) is 12.4. The summed E-state index contributed by atoms with van der Waals surface area (Å²) in [5, 5.41) is 9.58. The van der Waals surface area contributed by atoms with E-state index >= 15 is 0 Å². The van der Waals surface area contributed by atoms with E-state index in [2.05, 4.69) is 39.9 Å². The van der Waals surface area contributed by atoms with Crippen LogP contribution in [0.1, 0.15) is 63.8 Å². The van der Waals surface area contributed by atoms with Crippen LogP contribution in [0.4, 0.5) is 0 Å². The predicted octanol–water partition coefficient (Wildman–Crippen LogP) is 4.78. The van der Waals surface area contributed by atoms with E-state index in [0.29, 0.717) is 29.9 Å². The van der Waals surface area contributed by atoms with Gasteiger partial charge < -0.3 is 13.7 Å². The van der Waals surface area contributed by atoms with Gasteiger partial charge in [0, 0.05) is 24.4 Å². The molecular formula is C27H38N2O6SSi. The lowest BCUT2D eigenvalue weighted by Gasteiger charge is -2.44. The summed E-state index contributed by atoms with van der Waals surface area (Å²) in [5.41, 5.74) is 0.397. The summed E-state index contributed by atoms with van der Waals surface area (Å²) in [6.07, 6.45) is 3.07. The van der Waals surface area contributed by atoms with Crippen molar-refractivity contribution in [3.05, 3.63) is 63.6 Å². The van der Waals surface area contributed by atoms with Gasteiger partial charge in [-0.1, -0.05) is 20.8 Å². The molecule has 0 saturated carbocycles. The maximum Gasteiger partial charge on any atom is 0.264 e. The van der Waals surface area contributed by atoms with Crippen molar-refractivity contribution >= 4 is 18.4 Å². The summed E-state index contributed by atoms with van der Waals surface area (Å²) in [7, 11) is -5.72. The molecular weight excluding hydrogens is 508 g/mol. The lowest BCUT2D eigenvalue weighted by molar-refractivity contribution is -0.0463. The highest BCUT2D eigenvalue weighted by Crippen LogP contribution is 2.44. The van der Waals surface area contributed by atoms with Crippen LogP contribution in [0.25, 0.3) is 0 Å². The van der Waals surface area contributed by atoms with Crippen molar-refractivity contribution in [3.8, 4) is 11.8 Å². The van der Waals surface area contributed by atoms with Crippen molar-refractivity contribution in [2.45, 2.75) is 83.3 Å². The molecule has 1 aromatic carbocycles. The zero-order chi connectivity index (χ0) is 27.8. The molecule has 1 aliphatic rings. The van der Waals surface area contributed by atoms with Crippen LogP contribution in [0.15, 0.2) is 41.3 Å². The number of aryl methyl sites for hydroxylation is 1. The van der Waals surface area contributed by atoms with Crippen molar-refractivity contribution < 1.29 is 21.8 Å². The molecule has 0 fully saturated rings. The van der Waals surface area contributed by atoms with E-state index in [1.165, 1.54) is 4.57 Å². The Kier molecular flexibility index (Phi) is 8.16. The molecule has 0 saturated heterocycles. The van der Waals surface area contributed by atoms with E-state index in [1.54, 1.807) is 44.3 Å². The lowest BCUT2D eigenvalue weighted by atomic mass is 9.85. The average Bonchev–Trinajstić information content (AvgIpc) is 2.76. The van der Waals surface area contributed by atoms with E-state index in [-0.39, 0.29) is 10.6 Å². The highest BCUT2D eigenvalue weighted by Gasteiger charge is 2.48. The molecule has 0 N–H and O–H groups in total. The van der Waals surface area contributed by atoms with Crippen LogP contribution in [0.2, 0.25) is 18.1 Å². The summed E-state index contributed by atoms with van der Waals surface area (Å²) in [6, 6.07) is 9.62. The zero-order valence-electron chi connectivity index (χ0n) is 23.0. The minimum absolute atomic E-state index is 0.136. The molecule has 3 rings (SSSR count). The van der Waals surface area contributed by atoms with Crippen molar-refractivity contribution in [1.82, 2.24) is 4.57 Å². The minimum atomic E-state index is -3.88. The Bertz CT molecular complexity index is 1350. The molecule has 8 nitrogen and oxygen atoms in total. The van der Waals surface area contributed by atoms with Crippen LogP contribution in [0.3, 0.4) is 0 Å². The molecule has 0 bridgehead atoms. The minimum Gasteiger partial charge on any atom is -0.485 e. The number of hydrogen-bond donors (Lipinski definition) is 0. The van der Waals surface area contributed by atoms with Crippen LogP contribution in [0, 0.1) is 11.3 Å². The number of hydrogen-bond acceptors (Lipinski definition) is 7. The van der Waals surface area contributed by atoms with Gasteiger partial charge in [-0.25, -0.2) is 0 Å². The number of fused-ring (bicyclic) bond motifs is 1. The monoisotopic (exact) mass is 546 g/mol. The fourth-order valence-corrected chi connectivity index (χ4v) is 6.02. The summed E-state index contributed by atoms with van der Waals surface area (Å²) in [6.45, 7) is 15.1. The van der Waals surface area contributed by atoms with Gasteiger partial charge in [-0.05, 0) is 74.7 Å². The van der Waals surface area contributed by atoms with E-state index in [9.17, 15) is 18.5 Å². The van der Waals surface area contributed by atoms with Gasteiger partial charge >= 0.3 is 0 Å². The Morgan fingerprint density at radius 2 is 1.86 bits per heavy atom. The highest BCUT2D eigenvalue weighted by molar-refractivity contribution is 7.86. The Labute approximate surface area is 221 Å². The van der Waals surface area contributed by atoms with Gasteiger partial charge in [0.15, 0.2) is 8.32 Å². The molecule has 10 heteroatoms. The smallest absolute Gasteiger partial charge is 0.264 e. The van der Waals surface area contributed by atoms with Gasteiger partial charge in [0.1, 0.15) is 17.5 Å². The van der Waals surface area contributed by atoms with E-state index in [0.717, 1.165) is 18.2 Å². The number of aromatic nitrogens is 1. The Hall–Kier alpha value is -2.45. The summed E-state index contributed by atoms with van der Waals surface area (Å²) in [4.78, 5) is 13.4. The molecule has 2 atom stereocenters. The van der Waals surface area contributed by atoms with Crippen LogP contribution < -0.4 is 10.3 Å². The molecule has 0 spiro atoms. The fraction of sp³-hybridized carbons (Fsp3) is 0.556. The number of nitrogens with zero attached hydrogens (tertiary/aromatic N) is 2. The molecule has 2 heterocycles. The standard InChI is InChI=1S/C27H38N2O6SSi/c1-26(2,3)37(7,8)33-15-9-10-19-13-14-29(23(30)17-19)24-21-16-20(18-28)11-12-22(21)34-27(4,5)25(24)35-36(6,31)32/h11-14,16-17,24-25H,9-10,15H2,1-8H3/t24-,25+/m1/s1. The molecule has 202 valence electrons. The Balaban J connectivity index is 1.93. The first-order chi connectivity index (χ1) is 16.9. The second-order valence-electron chi connectivity index (χ2n) is 11.7. The van der Waals surface area contributed by atoms with Gasteiger partial charge in [0.05, 0.1) is 23.9 Å². The SMILES string of the molecule is CC1(C)Oc2ccc(C#N)cc2[C@@H](n2ccc(CCCO[Si](C)(C)C(C)(C)C)cc2=O)[C@@H]1OS(C)(=O)=O. The Morgan fingerprint density at radius 3 is 2.43 bits per heavy atom. The van der Waals surface area contributed by atoms with Crippen molar-refractivity contribution in [2.75, 3.05) is 12.9 Å². The topological polar surface area (TPSA) is 108 Å². The van der Waals surface area contributed by atoms with Gasteiger partial charge in [-0.2, -0.15) is 13.7 Å². The first-order valence-corrected chi connectivity index (χ1v) is 17.1. The van der Waals surface area contributed by atoms with E-state index < -0.39 is 36.2 Å². The molecule has 37 heavy (non-hydrogen) atoms. The quantitative estimate of drug-likeness (QED) is 0.266. The molecule has 2 aromatic rings. The third-order valence-corrected chi connectivity index (χ3v) is 12.4. The molecule has 1 aromatic heterocycles. The number of benzene rings is 1. The van der Waals surface area contributed by atoms with Gasteiger partial charge in [-0.15, -0.1) is 0 Å². The summed E-state index contributed by atoms with van der Waals surface area (Å²) >= 11 is 0. The first kappa shape index (κ1) is 29.1. The normalized spacial score (nSPS) is 19.5. The fourth-order valence-electron chi connectivity index (χ4n) is 4.22. The largest absolute Gasteiger partial charge is 0.485 e. The average molecular weight is 547 g/mol. The van der Waals surface area contributed by atoms with E-state index in [4.69, 9.17) is 13.3 Å². The van der Waals surface area contributed by atoms with Gasteiger partial charge in [0.2, 0.25) is 0 Å². The molecule has 0 unspecified atom stereocenters. The van der Waals surface area contributed by atoms with Crippen molar-refractivity contribution in [1.29, 1.82) is 5.26 Å². The van der Waals surface area contributed by atoms with Gasteiger partial charge in [-0.3, -0.25) is 8.98 Å². The Morgan fingerprint density at radius 1 is 1.19 bits per heavy atom. The number of ether oxygens (including phenoxy) is 1. The maximum absolute atomic E-state index is 13.4. The number of pyridine rings is 1. The number of nitriles is 1. The summed E-state index contributed by atoms with van der Waals surface area (Å²) in [5.74, 6) is 0.473. The van der Waals surface area contributed by atoms with Crippen LogP contribution >= 0.6 is 0 Å². The summed E-state index contributed by atoms with van der Waals surface area (Å²) < 4.78 is 43.7. The third kappa shape index (κ3) is 6.71. The molecule has 0 amide bonds. The van der Waals surface area contributed by atoms with Crippen LogP contribution in [0.5, 0.6) is 5.75 Å². The van der Waals surface area contributed by atoms with Crippen LogP contribution in [-0.2, 0) is 25.1 Å². The highest BCUT2D eigenvalue weighted by atomic mass is 32.2. The van der Waals surface area contributed by atoms with E-state index in [1.807, 2.05) is 6.07 Å². The maximum atomic E-state index is 13.4. The molecule has 0 aliphatic carbocycles. The molecule has 0 radical (unpaired) electrons. The van der Waals surface area contributed by atoms with Crippen molar-refractivity contribution in [2.24, 2.45) is 0 Å². The second-order valence-corrected chi connectivity index (χ2v) is 18.1. The zero-order valence-corrected chi connectivity index (χ0v) is 24.8. The third-order valence-electron chi connectivity index (χ3n) is 7.27. The van der Waals surface area contributed by atoms with Crippen LogP contribution in [-0.4, -0.2) is 45.9 Å². The lowest BCUT2D eigenvalue weighted by Crippen LogP contribution is -2.54. The van der Waals surface area contributed by atoms with Crippen molar-refractivity contribution in [3.63, 3.8) is 0 Å². The number of rotatable bonds is 8. The van der Waals surface area contributed by atoms with Gasteiger partial charge in [0.25, 0.3) is 15.7 Å². The molecule has 1 aliphatic heterocycles.